The number of hydrogen-bond acceptors (Lipinski definition) is 2. The van der Waals surface area contributed by atoms with Crippen molar-refractivity contribution in [3.8, 4) is 5.75 Å². The summed E-state index contributed by atoms with van der Waals surface area (Å²) in [6.07, 6.45) is 5.25. The van der Waals surface area contributed by atoms with Crippen LogP contribution in [0.25, 0.3) is 0 Å². The molecule has 0 heterocycles. The number of ether oxygens (including phenoxy) is 1. The molecular formula is C17H22ClNO2. The molecule has 114 valence electrons. The molecule has 2 aliphatic carbocycles. The van der Waals surface area contributed by atoms with E-state index in [1.807, 2.05) is 19.1 Å². The van der Waals surface area contributed by atoms with Gasteiger partial charge in [0.15, 0.2) is 6.10 Å². The summed E-state index contributed by atoms with van der Waals surface area (Å²) in [4.78, 5) is 12.4. The monoisotopic (exact) mass is 307 g/mol. The Morgan fingerprint density at radius 1 is 1.43 bits per heavy atom. The Balaban J connectivity index is 1.59. The van der Waals surface area contributed by atoms with E-state index in [1.165, 1.54) is 19.3 Å². The molecule has 3 rings (SSSR count). The topological polar surface area (TPSA) is 38.3 Å². The Hall–Kier alpha value is -1.22. The van der Waals surface area contributed by atoms with E-state index in [2.05, 4.69) is 5.32 Å². The van der Waals surface area contributed by atoms with E-state index in [0.717, 1.165) is 12.3 Å². The van der Waals surface area contributed by atoms with E-state index < -0.39 is 6.10 Å². The van der Waals surface area contributed by atoms with Gasteiger partial charge in [-0.25, -0.2) is 0 Å². The first-order valence-corrected chi connectivity index (χ1v) is 8.26. The Bertz CT molecular complexity index is 519. The quantitative estimate of drug-likeness (QED) is 0.898. The summed E-state index contributed by atoms with van der Waals surface area (Å²) in [5.41, 5.74) is 0. The zero-order valence-corrected chi connectivity index (χ0v) is 13.1. The van der Waals surface area contributed by atoms with E-state index in [9.17, 15) is 4.79 Å². The van der Waals surface area contributed by atoms with Crippen molar-refractivity contribution in [1.29, 1.82) is 0 Å². The number of amides is 1. The number of carbonyl (C=O) groups excluding carboxylic acids is 1. The summed E-state index contributed by atoms with van der Waals surface area (Å²) in [5, 5.41) is 3.82. The molecule has 0 radical (unpaired) electrons. The predicted molar refractivity (Wildman–Crippen MR) is 83.5 cm³/mol. The van der Waals surface area contributed by atoms with Crippen LogP contribution in [-0.4, -0.2) is 18.1 Å². The molecule has 0 aliphatic heterocycles. The van der Waals surface area contributed by atoms with Gasteiger partial charge in [0.25, 0.3) is 5.91 Å². The molecule has 1 N–H and O–H groups in total. The lowest BCUT2D eigenvalue weighted by Crippen LogP contribution is -2.45. The van der Waals surface area contributed by atoms with Crippen LogP contribution in [-0.2, 0) is 4.79 Å². The molecule has 3 nitrogen and oxygen atoms in total. The zero-order chi connectivity index (χ0) is 14.8. The summed E-state index contributed by atoms with van der Waals surface area (Å²) in [6, 6.07) is 7.56. The van der Waals surface area contributed by atoms with Crippen LogP contribution < -0.4 is 10.1 Å². The van der Waals surface area contributed by atoms with Crippen LogP contribution in [0.15, 0.2) is 24.3 Å². The zero-order valence-electron chi connectivity index (χ0n) is 12.3. The third-order valence-corrected chi connectivity index (χ3v) is 5.04. The van der Waals surface area contributed by atoms with Gasteiger partial charge >= 0.3 is 0 Å². The van der Waals surface area contributed by atoms with Crippen molar-refractivity contribution >= 4 is 17.5 Å². The summed E-state index contributed by atoms with van der Waals surface area (Å²) in [5.74, 6) is 2.17. The van der Waals surface area contributed by atoms with Crippen molar-refractivity contribution in [2.24, 2.45) is 11.8 Å². The fourth-order valence-electron chi connectivity index (χ4n) is 3.72. The highest BCUT2D eigenvalue weighted by Crippen LogP contribution is 2.44. The molecule has 1 amide bonds. The van der Waals surface area contributed by atoms with E-state index in [-0.39, 0.29) is 5.91 Å². The van der Waals surface area contributed by atoms with Gasteiger partial charge in [0.05, 0.1) is 0 Å². The highest BCUT2D eigenvalue weighted by atomic mass is 35.5. The van der Waals surface area contributed by atoms with Crippen LogP contribution in [0.3, 0.4) is 0 Å². The molecule has 0 unspecified atom stereocenters. The van der Waals surface area contributed by atoms with Crippen LogP contribution in [0, 0.1) is 11.8 Å². The second-order valence-corrected chi connectivity index (χ2v) is 6.70. The van der Waals surface area contributed by atoms with Crippen LogP contribution in [0.4, 0.5) is 0 Å². The molecule has 0 saturated heterocycles. The van der Waals surface area contributed by atoms with Gasteiger partial charge < -0.3 is 10.1 Å². The fraction of sp³-hybridized carbons (Fsp3) is 0.588. The van der Waals surface area contributed by atoms with Crippen molar-refractivity contribution < 1.29 is 9.53 Å². The number of carbonyl (C=O) groups is 1. The Labute approximate surface area is 131 Å². The third-order valence-electron chi connectivity index (χ3n) is 4.80. The second-order valence-electron chi connectivity index (χ2n) is 6.26. The van der Waals surface area contributed by atoms with Crippen molar-refractivity contribution in [3.63, 3.8) is 0 Å². The highest BCUT2D eigenvalue weighted by molar-refractivity contribution is 6.30. The molecule has 1 aromatic carbocycles. The highest BCUT2D eigenvalue weighted by Gasteiger charge is 2.40. The third kappa shape index (κ3) is 3.34. The number of rotatable bonds is 5. The molecule has 4 heteroatoms. The summed E-state index contributed by atoms with van der Waals surface area (Å²) in [6.45, 7) is 1.97. The Morgan fingerprint density at radius 3 is 2.90 bits per heavy atom. The average molecular weight is 308 g/mol. The van der Waals surface area contributed by atoms with E-state index in [1.54, 1.807) is 12.1 Å². The molecule has 2 fully saturated rings. The van der Waals surface area contributed by atoms with E-state index in [0.29, 0.717) is 29.2 Å². The SMILES string of the molecule is CC[C@H](Oc1cccc(Cl)c1)C(=O)N[C@H]1C[C@@H]2CC[C@@H]1C2. The summed E-state index contributed by atoms with van der Waals surface area (Å²) >= 11 is 5.95. The van der Waals surface area contributed by atoms with Gasteiger partial charge in [0.1, 0.15) is 5.75 Å². The number of fused-ring (bicyclic) bond motifs is 2. The van der Waals surface area contributed by atoms with Gasteiger partial charge in [-0.3, -0.25) is 4.79 Å². The largest absolute Gasteiger partial charge is 0.481 e. The predicted octanol–water partition coefficient (Wildman–Crippen LogP) is 3.80. The molecule has 0 aromatic heterocycles. The van der Waals surface area contributed by atoms with Crippen molar-refractivity contribution in [1.82, 2.24) is 5.32 Å². The lowest BCUT2D eigenvalue weighted by molar-refractivity contribution is -0.129. The van der Waals surface area contributed by atoms with Crippen molar-refractivity contribution in [3.05, 3.63) is 29.3 Å². The standard InChI is InChI=1S/C17H22ClNO2/c1-2-16(21-14-5-3-4-13(18)10-14)17(20)19-15-9-11-6-7-12(15)8-11/h3-5,10-12,15-16H,2,6-9H2,1H3,(H,19,20)/t11-,12-,15+,16+/m1/s1. The number of nitrogens with one attached hydrogen (secondary N) is 1. The summed E-state index contributed by atoms with van der Waals surface area (Å²) < 4.78 is 5.80. The fourth-order valence-corrected chi connectivity index (χ4v) is 3.90. The molecule has 2 bridgehead atoms. The van der Waals surface area contributed by atoms with Crippen LogP contribution in [0.2, 0.25) is 5.02 Å². The molecule has 0 spiro atoms. The van der Waals surface area contributed by atoms with Gasteiger partial charge in [0.2, 0.25) is 0 Å². The number of halogens is 1. The van der Waals surface area contributed by atoms with Gasteiger partial charge in [-0.05, 0) is 55.7 Å². The van der Waals surface area contributed by atoms with Crippen LogP contribution in [0.1, 0.15) is 39.0 Å². The molecule has 2 aliphatic rings. The Kier molecular flexibility index (Phi) is 4.39. The van der Waals surface area contributed by atoms with Gasteiger partial charge in [-0.1, -0.05) is 31.0 Å². The maximum Gasteiger partial charge on any atom is 0.261 e. The first-order chi connectivity index (χ1) is 10.2. The first-order valence-electron chi connectivity index (χ1n) is 7.88. The van der Waals surface area contributed by atoms with Crippen molar-refractivity contribution in [2.75, 3.05) is 0 Å². The average Bonchev–Trinajstić information content (AvgIpc) is 3.07. The normalized spacial score (nSPS) is 28.4. The minimum atomic E-state index is -0.442. The smallest absolute Gasteiger partial charge is 0.261 e. The minimum absolute atomic E-state index is 0.00928. The van der Waals surface area contributed by atoms with E-state index >= 15 is 0 Å². The van der Waals surface area contributed by atoms with Crippen molar-refractivity contribution in [2.45, 2.75) is 51.2 Å². The minimum Gasteiger partial charge on any atom is -0.481 e. The van der Waals surface area contributed by atoms with E-state index in [4.69, 9.17) is 16.3 Å². The first kappa shape index (κ1) is 14.7. The molecular weight excluding hydrogens is 286 g/mol. The van der Waals surface area contributed by atoms with Gasteiger partial charge in [-0.2, -0.15) is 0 Å². The second kappa shape index (κ2) is 6.27. The molecule has 21 heavy (non-hydrogen) atoms. The molecule has 2 saturated carbocycles. The Morgan fingerprint density at radius 2 is 2.29 bits per heavy atom. The van der Waals surface area contributed by atoms with Crippen LogP contribution in [0.5, 0.6) is 5.75 Å². The maximum atomic E-state index is 12.4. The van der Waals surface area contributed by atoms with Gasteiger partial charge in [-0.15, -0.1) is 0 Å². The molecule has 4 atom stereocenters. The number of hydrogen-bond donors (Lipinski definition) is 1. The number of benzene rings is 1. The van der Waals surface area contributed by atoms with Crippen LogP contribution >= 0.6 is 11.6 Å². The maximum absolute atomic E-state index is 12.4. The lowest BCUT2D eigenvalue weighted by Gasteiger charge is -2.25. The summed E-state index contributed by atoms with van der Waals surface area (Å²) in [7, 11) is 0. The lowest BCUT2D eigenvalue weighted by atomic mass is 9.95. The van der Waals surface area contributed by atoms with Gasteiger partial charge in [0, 0.05) is 11.1 Å². The molecule has 1 aromatic rings.